The first-order chi connectivity index (χ1) is 26.6. The molecule has 1 saturated carbocycles. The van der Waals surface area contributed by atoms with Crippen molar-refractivity contribution in [3.8, 4) is 6.07 Å². The number of hydrogen-bond donors (Lipinski definition) is 1. The molecule has 55 heavy (non-hydrogen) atoms. The monoisotopic (exact) mass is 776 g/mol. The number of likely N-dealkylation sites (tertiary alicyclic amines) is 2. The fraction of sp³-hybridized carbons (Fsp3) is 0.585. The highest BCUT2D eigenvalue weighted by Gasteiger charge is 2.53. The number of hydrogen-bond acceptors (Lipinski definition) is 10. The second kappa shape index (κ2) is 17.0. The van der Waals surface area contributed by atoms with Gasteiger partial charge in [-0.1, -0.05) is 24.6 Å². The average molecular weight is 777 g/mol. The molecule has 0 bridgehead atoms. The van der Waals surface area contributed by atoms with Gasteiger partial charge in [0, 0.05) is 82.0 Å². The summed E-state index contributed by atoms with van der Waals surface area (Å²) in [5.41, 5.74) is 0.753. The van der Waals surface area contributed by atoms with E-state index in [1.54, 1.807) is 29.2 Å². The van der Waals surface area contributed by atoms with Crippen LogP contribution in [0.3, 0.4) is 0 Å². The van der Waals surface area contributed by atoms with Crippen molar-refractivity contribution in [2.24, 2.45) is 17.8 Å². The lowest BCUT2D eigenvalue weighted by Gasteiger charge is -2.48. The van der Waals surface area contributed by atoms with Crippen LogP contribution >= 0.6 is 0 Å². The van der Waals surface area contributed by atoms with E-state index in [1.807, 2.05) is 24.3 Å². The third-order valence-corrected chi connectivity index (χ3v) is 14.7. The summed E-state index contributed by atoms with van der Waals surface area (Å²) in [6.07, 6.45) is 6.89. The Hall–Kier alpha value is -4.03. The lowest BCUT2D eigenvalue weighted by molar-refractivity contribution is -0.129. The van der Waals surface area contributed by atoms with Gasteiger partial charge in [0.15, 0.2) is 9.84 Å². The molecule has 2 amide bonds. The lowest BCUT2D eigenvalue weighted by atomic mass is 9.59. The first-order valence-corrected chi connectivity index (χ1v) is 21.2. The summed E-state index contributed by atoms with van der Waals surface area (Å²) in [4.78, 5) is 33.6. The SMILES string of the molecule is COC(=O)N[C@H]1CCC[C@@H]1[C@](C#N)(c1cccc(F)c1)C1CCN(CC2CN(c3ccc(S(=O)(=O)C4CN(C(=O)/C=C/CN5CCOCC5)C4)cc3)C2)CC1. The molecular formula is C41H53FN6O6S. The minimum absolute atomic E-state index is 0.0131. The fourth-order valence-electron chi connectivity index (χ4n) is 9.50. The number of carbonyl (C=O) groups is 2. The standard InChI is InChI=1S/C41H53FN6O6S/c1-53-40(50)44-38-8-3-7-37(38)41(29-43,32-5-2-6-33(42)23-32)31-14-17-46(18-15-31)24-30-25-47(26-30)34-10-12-35(13-11-34)55(51,52)36-27-48(28-36)39(49)9-4-16-45-19-21-54-22-20-45/h2,4-6,9-13,23,30-31,36-38H,3,7-8,14-22,24-28H2,1H3,(H,44,50)/b9-4+/t37-,38-,41-/m0/s1. The molecule has 4 heterocycles. The largest absolute Gasteiger partial charge is 0.453 e. The number of nitrogens with one attached hydrogen (secondary N) is 1. The summed E-state index contributed by atoms with van der Waals surface area (Å²) in [7, 11) is -2.21. The van der Waals surface area contributed by atoms with E-state index >= 15 is 0 Å². The molecule has 0 spiro atoms. The van der Waals surface area contributed by atoms with Gasteiger partial charge < -0.3 is 29.5 Å². The van der Waals surface area contributed by atoms with Crippen LogP contribution < -0.4 is 10.2 Å². The van der Waals surface area contributed by atoms with Gasteiger partial charge in [-0.05, 0) is 86.7 Å². The molecule has 0 radical (unpaired) electrons. The normalized spacial score (nSPS) is 24.5. The van der Waals surface area contributed by atoms with Gasteiger partial charge in [-0.15, -0.1) is 0 Å². The second-order valence-electron chi connectivity index (χ2n) is 15.8. The first kappa shape index (κ1) is 39.2. The highest BCUT2D eigenvalue weighted by molar-refractivity contribution is 7.92. The quantitative estimate of drug-likeness (QED) is 0.317. The van der Waals surface area contributed by atoms with E-state index in [1.165, 1.54) is 19.2 Å². The van der Waals surface area contributed by atoms with E-state index in [0.717, 1.165) is 83.6 Å². The van der Waals surface area contributed by atoms with Gasteiger partial charge in [0.25, 0.3) is 0 Å². The van der Waals surface area contributed by atoms with Crippen LogP contribution in [0, 0.1) is 34.9 Å². The zero-order valence-electron chi connectivity index (χ0n) is 31.7. The van der Waals surface area contributed by atoms with Crippen molar-refractivity contribution in [2.45, 2.75) is 53.7 Å². The van der Waals surface area contributed by atoms with Crippen LogP contribution in [-0.2, 0) is 29.5 Å². The Kier molecular flexibility index (Phi) is 12.1. The Morgan fingerprint density at radius 3 is 2.40 bits per heavy atom. The van der Waals surface area contributed by atoms with Crippen LogP contribution in [0.25, 0.3) is 0 Å². The summed E-state index contributed by atoms with van der Waals surface area (Å²) in [5, 5.41) is 13.3. The van der Waals surface area contributed by atoms with Crippen molar-refractivity contribution < 1.29 is 31.9 Å². The van der Waals surface area contributed by atoms with Gasteiger partial charge in [0.1, 0.15) is 11.1 Å². The molecule has 5 fully saturated rings. The number of sulfone groups is 1. The number of amides is 2. The average Bonchev–Trinajstić information content (AvgIpc) is 3.62. The Bertz CT molecular complexity index is 1850. The van der Waals surface area contributed by atoms with Crippen molar-refractivity contribution in [2.75, 3.05) is 90.7 Å². The summed E-state index contributed by atoms with van der Waals surface area (Å²) in [6, 6.07) is 16.1. The van der Waals surface area contributed by atoms with Crippen LogP contribution in [0.5, 0.6) is 0 Å². The zero-order chi connectivity index (χ0) is 38.6. The minimum atomic E-state index is -3.55. The molecular weight excluding hydrogens is 724 g/mol. The number of carbonyl (C=O) groups excluding carboxylic acids is 2. The molecule has 2 aromatic rings. The molecule has 5 aliphatic rings. The van der Waals surface area contributed by atoms with Crippen molar-refractivity contribution >= 4 is 27.5 Å². The number of benzene rings is 2. The number of halogens is 1. The van der Waals surface area contributed by atoms with Crippen LogP contribution in [0.4, 0.5) is 14.9 Å². The lowest BCUT2D eigenvalue weighted by Crippen LogP contribution is -2.56. The van der Waals surface area contributed by atoms with Gasteiger partial charge in [0.05, 0.1) is 36.7 Å². The molecule has 4 saturated heterocycles. The highest BCUT2D eigenvalue weighted by Crippen LogP contribution is 2.50. The van der Waals surface area contributed by atoms with E-state index in [-0.39, 0.29) is 47.6 Å². The Labute approximate surface area is 324 Å². The number of nitrogens with zero attached hydrogens (tertiary/aromatic N) is 5. The van der Waals surface area contributed by atoms with E-state index in [4.69, 9.17) is 9.47 Å². The van der Waals surface area contributed by atoms with Crippen molar-refractivity contribution in [3.05, 3.63) is 72.1 Å². The molecule has 1 N–H and O–H groups in total. The summed E-state index contributed by atoms with van der Waals surface area (Å²) in [6.45, 7) is 8.51. The van der Waals surface area contributed by atoms with Crippen LogP contribution in [0.2, 0.25) is 0 Å². The number of piperidine rings is 1. The van der Waals surface area contributed by atoms with Crippen LogP contribution in [0.15, 0.2) is 65.6 Å². The van der Waals surface area contributed by atoms with Gasteiger partial charge in [-0.25, -0.2) is 17.6 Å². The number of methoxy groups -OCH3 is 1. The van der Waals surface area contributed by atoms with Crippen molar-refractivity contribution in [1.82, 2.24) is 20.0 Å². The molecule has 0 aromatic heterocycles. The number of alkyl carbamates (subject to hydrolysis) is 1. The first-order valence-electron chi connectivity index (χ1n) is 19.7. The highest BCUT2D eigenvalue weighted by atomic mass is 32.2. The van der Waals surface area contributed by atoms with Gasteiger partial charge in [0.2, 0.25) is 5.91 Å². The third-order valence-electron chi connectivity index (χ3n) is 12.6. The smallest absolute Gasteiger partial charge is 0.407 e. The molecule has 14 heteroatoms. The topological polar surface area (TPSA) is 136 Å². The zero-order valence-corrected chi connectivity index (χ0v) is 32.5. The Morgan fingerprint density at radius 1 is 1.00 bits per heavy atom. The molecule has 1 aliphatic carbocycles. The van der Waals surface area contributed by atoms with Crippen molar-refractivity contribution in [1.29, 1.82) is 5.26 Å². The number of anilines is 1. The summed E-state index contributed by atoms with van der Waals surface area (Å²) in [5.74, 6) is -0.189. The van der Waals surface area contributed by atoms with Crippen LogP contribution in [0.1, 0.15) is 37.7 Å². The Morgan fingerprint density at radius 2 is 1.73 bits per heavy atom. The summed E-state index contributed by atoms with van der Waals surface area (Å²) < 4.78 is 51.6. The molecule has 12 nitrogen and oxygen atoms in total. The van der Waals surface area contributed by atoms with Gasteiger partial charge in [-0.2, -0.15) is 5.26 Å². The maximum absolute atomic E-state index is 14.6. The molecule has 4 aliphatic heterocycles. The number of rotatable bonds is 12. The van der Waals surface area contributed by atoms with Gasteiger partial charge >= 0.3 is 6.09 Å². The number of morpholine rings is 1. The predicted molar refractivity (Wildman–Crippen MR) is 206 cm³/mol. The van der Waals surface area contributed by atoms with Gasteiger partial charge in [-0.3, -0.25) is 9.69 Å². The van der Waals surface area contributed by atoms with Crippen LogP contribution in [-0.4, -0.2) is 132 Å². The van der Waals surface area contributed by atoms with E-state index in [0.29, 0.717) is 31.2 Å². The predicted octanol–water partition coefficient (Wildman–Crippen LogP) is 3.83. The number of ether oxygens (including phenoxy) is 2. The summed E-state index contributed by atoms with van der Waals surface area (Å²) >= 11 is 0. The third kappa shape index (κ3) is 8.40. The maximum atomic E-state index is 14.6. The molecule has 0 unspecified atom stereocenters. The van der Waals surface area contributed by atoms with E-state index in [9.17, 15) is 27.7 Å². The maximum Gasteiger partial charge on any atom is 0.407 e. The number of nitriles is 1. The van der Waals surface area contributed by atoms with Crippen molar-refractivity contribution in [3.63, 3.8) is 0 Å². The minimum Gasteiger partial charge on any atom is -0.453 e. The molecule has 296 valence electrons. The van der Waals surface area contributed by atoms with E-state index < -0.39 is 26.6 Å². The van der Waals surface area contributed by atoms with E-state index in [2.05, 4.69) is 26.1 Å². The molecule has 3 atom stereocenters. The second-order valence-corrected chi connectivity index (χ2v) is 18.1. The molecule has 2 aromatic carbocycles. The molecule has 7 rings (SSSR count). The fourth-order valence-corrected chi connectivity index (χ4v) is 11.2. The Balaban J connectivity index is 0.889.